The Balaban J connectivity index is 1.15. The summed E-state index contributed by atoms with van der Waals surface area (Å²) in [6, 6.07) is 72.1. The lowest BCUT2D eigenvalue weighted by Gasteiger charge is -2.23. The third-order valence-corrected chi connectivity index (χ3v) is 12.2. The van der Waals surface area contributed by atoms with Crippen LogP contribution in [-0.2, 0) is 5.41 Å². The number of fused-ring (bicyclic) bond motifs is 7. The van der Waals surface area contributed by atoms with Crippen molar-refractivity contribution >= 4 is 43.1 Å². The van der Waals surface area contributed by atoms with Crippen LogP contribution in [0.4, 0.5) is 0 Å². The van der Waals surface area contributed by atoms with E-state index in [0.717, 1.165) is 0 Å². The van der Waals surface area contributed by atoms with Crippen molar-refractivity contribution in [1.29, 1.82) is 0 Å². The molecule has 10 aromatic carbocycles. The zero-order valence-electron chi connectivity index (χ0n) is 31.0. The first-order valence-corrected chi connectivity index (χ1v) is 19.4. The second-order valence-corrected chi connectivity index (χ2v) is 15.6. The molecule has 0 saturated carbocycles. The maximum absolute atomic E-state index is 2.47. The van der Waals surface area contributed by atoms with Gasteiger partial charge in [0.05, 0.1) is 0 Å². The van der Waals surface area contributed by atoms with E-state index in [2.05, 4.69) is 208 Å². The Hall–Kier alpha value is -6.76. The lowest BCUT2D eigenvalue weighted by Crippen LogP contribution is -2.14. The van der Waals surface area contributed by atoms with Crippen LogP contribution in [0.5, 0.6) is 0 Å². The lowest BCUT2D eigenvalue weighted by molar-refractivity contribution is 0.660. The van der Waals surface area contributed by atoms with E-state index in [-0.39, 0.29) is 5.41 Å². The molecule has 258 valence electrons. The normalized spacial score (nSPS) is 13.1. The highest BCUT2D eigenvalue weighted by Gasteiger charge is 2.35. The van der Waals surface area contributed by atoms with Crippen LogP contribution in [0.25, 0.3) is 98.7 Å². The Labute approximate surface area is 322 Å². The fourth-order valence-electron chi connectivity index (χ4n) is 9.80. The second-order valence-electron chi connectivity index (χ2n) is 15.6. The van der Waals surface area contributed by atoms with E-state index in [4.69, 9.17) is 0 Å². The maximum atomic E-state index is 2.47. The highest BCUT2D eigenvalue weighted by Crippen LogP contribution is 2.52. The smallest absolute Gasteiger partial charge is 0.0159 e. The van der Waals surface area contributed by atoms with Gasteiger partial charge in [0, 0.05) is 5.41 Å². The fourth-order valence-corrected chi connectivity index (χ4v) is 9.80. The van der Waals surface area contributed by atoms with Crippen LogP contribution in [0.1, 0.15) is 25.0 Å². The number of rotatable bonds is 4. The van der Waals surface area contributed by atoms with Crippen LogP contribution in [0.2, 0.25) is 0 Å². The highest BCUT2D eigenvalue weighted by atomic mass is 14.4. The zero-order chi connectivity index (χ0) is 36.7. The summed E-state index contributed by atoms with van der Waals surface area (Å²) in [5.74, 6) is 0. The Kier molecular flexibility index (Phi) is 7.00. The molecule has 0 saturated heterocycles. The van der Waals surface area contributed by atoms with Crippen molar-refractivity contribution in [2.24, 2.45) is 0 Å². The van der Waals surface area contributed by atoms with Crippen LogP contribution in [0, 0.1) is 0 Å². The van der Waals surface area contributed by atoms with Gasteiger partial charge in [0.25, 0.3) is 0 Å². The maximum Gasteiger partial charge on any atom is 0.0159 e. The van der Waals surface area contributed by atoms with Gasteiger partial charge in [-0.15, -0.1) is 0 Å². The summed E-state index contributed by atoms with van der Waals surface area (Å²) in [5, 5.41) is 10.2. The Morgan fingerprint density at radius 2 is 0.600 bits per heavy atom. The van der Waals surface area contributed by atoms with Gasteiger partial charge in [0.15, 0.2) is 0 Å². The predicted molar refractivity (Wildman–Crippen MR) is 236 cm³/mol. The Morgan fingerprint density at radius 1 is 0.255 bits per heavy atom. The Bertz CT molecular complexity index is 3050. The molecule has 0 heteroatoms. The van der Waals surface area contributed by atoms with Gasteiger partial charge in [0.1, 0.15) is 0 Å². The predicted octanol–water partition coefficient (Wildman–Crippen LogP) is 15.3. The molecule has 1 aliphatic rings. The van der Waals surface area contributed by atoms with Crippen molar-refractivity contribution < 1.29 is 0 Å². The zero-order valence-corrected chi connectivity index (χ0v) is 31.0. The molecule has 10 aromatic rings. The van der Waals surface area contributed by atoms with Gasteiger partial charge < -0.3 is 0 Å². The molecule has 0 radical (unpaired) electrons. The molecule has 11 rings (SSSR count). The molecular weight excluding hydrogens is 661 g/mol. The van der Waals surface area contributed by atoms with E-state index >= 15 is 0 Å². The molecule has 0 unspecified atom stereocenters. The van der Waals surface area contributed by atoms with E-state index in [9.17, 15) is 0 Å². The third kappa shape index (κ3) is 4.71. The summed E-state index contributed by atoms with van der Waals surface area (Å²) in [4.78, 5) is 0. The van der Waals surface area contributed by atoms with Crippen LogP contribution < -0.4 is 0 Å². The third-order valence-electron chi connectivity index (χ3n) is 12.2. The van der Waals surface area contributed by atoms with Gasteiger partial charge in [-0.2, -0.15) is 0 Å². The molecule has 0 nitrogen and oxygen atoms in total. The molecule has 0 atom stereocenters. The molecule has 0 bridgehead atoms. The molecule has 1 aliphatic carbocycles. The SMILES string of the molecule is CC1(C)c2ccccc2-c2ccc(-c3c4ccccc4c(-c4cccc(-c5c6ccccc6c(-c6ccccc6)c6ccccc56)c4)c4ccccc34)cc21. The standard InChI is InChI=1S/C55H38/c1-55(2)49-30-15-14-21-39(49)40-32-31-38(34-50(40)55)54-47-28-12-10-26-45(47)53(46-27-11-13-29-48(46)54)37-20-16-19-36(33-37)52-43-24-8-6-22-41(43)51(35-17-4-3-5-18-35)42-23-7-9-25-44(42)52/h3-34H,1-2H3. The van der Waals surface area contributed by atoms with Gasteiger partial charge in [-0.05, 0) is 122 Å². The monoisotopic (exact) mass is 698 g/mol. The minimum atomic E-state index is -0.0679. The first kappa shape index (κ1) is 31.7. The molecule has 0 amide bonds. The van der Waals surface area contributed by atoms with Gasteiger partial charge >= 0.3 is 0 Å². The number of hydrogen-bond acceptors (Lipinski definition) is 0. The Morgan fingerprint density at radius 3 is 1.07 bits per heavy atom. The van der Waals surface area contributed by atoms with Crippen molar-refractivity contribution in [3.05, 3.63) is 205 Å². The fraction of sp³-hybridized carbons (Fsp3) is 0.0545. The first-order valence-electron chi connectivity index (χ1n) is 19.4. The number of hydrogen-bond donors (Lipinski definition) is 0. The molecule has 0 heterocycles. The van der Waals surface area contributed by atoms with Crippen LogP contribution in [0.15, 0.2) is 194 Å². The van der Waals surface area contributed by atoms with Crippen molar-refractivity contribution in [3.8, 4) is 55.6 Å². The summed E-state index contributed by atoms with van der Waals surface area (Å²) in [6.45, 7) is 4.74. The molecule has 0 fully saturated rings. The second kappa shape index (κ2) is 12.1. The average molecular weight is 699 g/mol. The van der Waals surface area contributed by atoms with Crippen LogP contribution in [0.3, 0.4) is 0 Å². The minimum absolute atomic E-state index is 0.0679. The number of benzene rings is 10. The first-order chi connectivity index (χ1) is 27.1. The lowest BCUT2D eigenvalue weighted by atomic mass is 9.80. The van der Waals surface area contributed by atoms with E-state index in [0.29, 0.717) is 0 Å². The molecule has 0 aromatic heterocycles. The summed E-state index contributed by atoms with van der Waals surface area (Å²) in [7, 11) is 0. The molecule has 55 heavy (non-hydrogen) atoms. The molecule has 0 spiro atoms. The molecule has 0 aliphatic heterocycles. The van der Waals surface area contributed by atoms with Gasteiger partial charge in [-0.25, -0.2) is 0 Å². The van der Waals surface area contributed by atoms with Crippen LogP contribution in [-0.4, -0.2) is 0 Å². The van der Waals surface area contributed by atoms with E-state index in [1.54, 1.807) is 0 Å². The minimum Gasteiger partial charge on any atom is -0.0622 e. The van der Waals surface area contributed by atoms with Crippen LogP contribution >= 0.6 is 0 Å². The summed E-state index contributed by atoms with van der Waals surface area (Å²) >= 11 is 0. The summed E-state index contributed by atoms with van der Waals surface area (Å²) in [5.41, 5.74) is 15.5. The quantitative estimate of drug-likeness (QED) is 0.161. The van der Waals surface area contributed by atoms with Gasteiger partial charge in [-0.1, -0.05) is 196 Å². The highest BCUT2D eigenvalue weighted by molar-refractivity contribution is 6.23. The topological polar surface area (TPSA) is 0 Å². The largest absolute Gasteiger partial charge is 0.0622 e. The average Bonchev–Trinajstić information content (AvgIpc) is 3.47. The van der Waals surface area contributed by atoms with Crippen molar-refractivity contribution in [2.45, 2.75) is 19.3 Å². The summed E-state index contributed by atoms with van der Waals surface area (Å²) in [6.07, 6.45) is 0. The van der Waals surface area contributed by atoms with Crippen molar-refractivity contribution in [1.82, 2.24) is 0 Å². The summed E-state index contributed by atoms with van der Waals surface area (Å²) < 4.78 is 0. The van der Waals surface area contributed by atoms with Gasteiger partial charge in [-0.3, -0.25) is 0 Å². The van der Waals surface area contributed by atoms with E-state index < -0.39 is 0 Å². The van der Waals surface area contributed by atoms with E-state index in [1.165, 1.54) is 110 Å². The van der Waals surface area contributed by atoms with Crippen molar-refractivity contribution in [3.63, 3.8) is 0 Å². The van der Waals surface area contributed by atoms with E-state index in [1.807, 2.05) is 0 Å². The molecule has 0 N–H and O–H groups in total. The molecular formula is C55H38. The van der Waals surface area contributed by atoms with Gasteiger partial charge in [0.2, 0.25) is 0 Å². The van der Waals surface area contributed by atoms with Crippen molar-refractivity contribution in [2.75, 3.05) is 0 Å².